The van der Waals surface area contributed by atoms with E-state index < -0.39 is 18.5 Å². The fourth-order valence-corrected chi connectivity index (χ4v) is 0.765. The highest BCUT2D eigenvalue weighted by Gasteiger charge is 2.16. The van der Waals surface area contributed by atoms with Crippen molar-refractivity contribution in [3.8, 4) is 0 Å². The molecule has 0 radical (unpaired) electrons. The fourth-order valence-electron chi connectivity index (χ4n) is 0.765. The number of hydrogen-bond donors (Lipinski definition) is 2. The third kappa shape index (κ3) is 6.14. The lowest BCUT2D eigenvalue weighted by atomic mass is 10.3. The number of hydrogen-bond acceptors (Lipinski definition) is 4. The molecule has 0 saturated heterocycles. The average Bonchev–Trinajstić information content (AvgIpc) is 2.17. The normalized spacial score (nSPS) is 12.6. The first-order valence-corrected chi connectivity index (χ1v) is 4.50. The lowest BCUT2D eigenvalue weighted by Crippen LogP contribution is -2.34. The smallest absolute Gasteiger partial charge is 0.334 e. The van der Waals surface area contributed by atoms with Crippen LogP contribution in [0.2, 0.25) is 0 Å². The molecule has 0 amide bonds. The topological polar surface area (TPSA) is 58.6 Å². The SMILES string of the molecule is C=C(CNCC(O)C(F)F)C(=O)OCC. The zero-order chi connectivity index (χ0) is 11.8. The lowest BCUT2D eigenvalue weighted by molar-refractivity contribution is -0.138. The van der Waals surface area contributed by atoms with E-state index in [4.69, 9.17) is 5.11 Å². The molecule has 0 saturated carbocycles. The number of rotatable bonds is 7. The Morgan fingerprint density at radius 2 is 2.20 bits per heavy atom. The van der Waals surface area contributed by atoms with Crippen LogP contribution < -0.4 is 5.32 Å². The van der Waals surface area contributed by atoms with E-state index in [1.165, 1.54) is 0 Å². The van der Waals surface area contributed by atoms with Crippen LogP contribution in [0, 0.1) is 0 Å². The Balaban J connectivity index is 3.68. The first kappa shape index (κ1) is 14.0. The van der Waals surface area contributed by atoms with Crippen molar-refractivity contribution in [2.75, 3.05) is 19.7 Å². The number of nitrogens with one attached hydrogen (secondary N) is 1. The van der Waals surface area contributed by atoms with Crippen LogP contribution in [0.3, 0.4) is 0 Å². The van der Waals surface area contributed by atoms with E-state index in [0.717, 1.165) is 0 Å². The van der Waals surface area contributed by atoms with Crippen LogP contribution >= 0.6 is 0 Å². The minimum atomic E-state index is -2.80. The summed E-state index contributed by atoms with van der Waals surface area (Å²) in [6.45, 7) is 5.02. The summed E-state index contributed by atoms with van der Waals surface area (Å²) in [5, 5.41) is 11.2. The molecule has 1 unspecified atom stereocenters. The van der Waals surface area contributed by atoms with E-state index in [9.17, 15) is 13.6 Å². The number of ether oxygens (including phenoxy) is 1. The maximum Gasteiger partial charge on any atom is 0.334 e. The van der Waals surface area contributed by atoms with Gasteiger partial charge in [-0.05, 0) is 6.92 Å². The summed E-state index contributed by atoms with van der Waals surface area (Å²) in [4.78, 5) is 11.0. The molecule has 0 spiro atoms. The van der Waals surface area contributed by atoms with E-state index in [2.05, 4.69) is 16.6 Å². The van der Waals surface area contributed by atoms with Gasteiger partial charge in [-0.3, -0.25) is 0 Å². The van der Waals surface area contributed by atoms with E-state index in [0.29, 0.717) is 0 Å². The number of halogens is 2. The molecule has 15 heavy (non-hydrogen) atoms. The zero-order valence-electron chi connectivity index (χ0n) is 8.50. The molecule has 0 aliphatic rings. The second kappa shape index (κ2) is 7.30. The van der Waals surface area contributed by atoms with Crippen molar-refractivity contribution < 1.29 is 23.4 Å². The maximum absolute atomic E-state index is 11.8. The molecule has 6 heteroatoms. The summed E-state index contributed by atoms with van der Waals surface area (Å²) < 4.78 is 28.3. The Labute approximate surface area is 86.9 Å². The Kier molecular flexibility index (Phi) is 6.81. The monoisotopic (exact) mass is 223 g/mol. The Morgan fingerprint density at radius 3 is 2.67 bits per heavy atom. The molecule has 88 valence electrons. The minimum absolute atomic E-state index is 0.0165. The van der Waals surface area contributed by atoms with E-state index in [1.54, 1.807) is 6.92 Å². The number of carbonyl (C=O) groups excluding carboxylic acids is 1. The first-order chi connectivity index (χ1) is 6.99. The summed E-state index contributed by atoms with van der Waals surface area (Å²) in [6, 6.07) is 0. The van der Waals surface area contributed by atoms with Gasteiger partial charge >= 0.3 is 5.97 Å². The highest BCUT2D eigenvalue weighted by molar-refractivity contribution is 5.88. The highest BCUT2D eigenvalue weighted by atomic mass is 19.3. The fraction of sp³-hybridized carbons (Fsp3) is 0.667. The quantitative estimate of drug-likeness (QED) is 0.482. The van der Waals surface area contributed by atoms with E-state index >= 15 is 0 Å². The molecule has 0 rings (SSSR count). The Morgan fingerprint density at radius 1 is 1.60 bits per heavy atom. The van der Waals surface area contributed by atoms with Crippen molar-refractivity contribution >= 4 is 5.97 Å². The molecule has 2 N–H and O–H groups in total. The zero-order valence-corrected chi connectivity index (χ0v) is 8.50. The van der Waals surface area contributed by atoms with Crippen molar-refractivity contribution in [3.63, 3.8) is 0 Å². The van der Waals surface area contributed by atoms with Gasteiger partial charge in [0.15, 0.2) is 0 Å². The summed E-state index contributed by atoms with van der Waals surface area (Å²) in [5.41, 5.74) is 0.137. The molecule has 0 aromatic carbocycles. The number of alkyl halides is 2. The largest absolute Gasteiger partial charge is 0.463 e. The number of esters is 1. The van der Waals surface area contributed by atoms with Gasteiger partial charge in [-0.2, -0.15) is 0 Å². The molecule has 0 aromatic rings. The summed E-state index contributed by atoms with van der Waals surface area (Å²) >= 11 is 0. The summed E-state index contributed by atoms with van der Waals surface area (Å²) in [7, 11) is 0. The van der Waals surface area contributed by atoms with Crippen LogP contribution in [0.5, 0.6) is 0 Å². The summed E-state index contributed by atoms with van der Waals surface area (Å²) in [5.74, 6) is -0.573. The van der Waals surface area contributed by atoms with E-state index in [-0.39, 0.29) is 25.3 Å². The molecule has 0 heterocycles. The standard InChI is InChI=1S/C9H15F2NO3/c1-3-15-9(14)6(2)4-12-5-7(13)8(10)11/h7-8,12-13H,2-5H2,1H3. The Bertz CT molecular complexity index is 221. The van der Waals surface area contributed by atoms with Gasteiger partial charge in [0.25, 0.3) is 6.43 Å². The first-order valence-electron chi connectivity index (χ1n) is 4.50. The van der Waals surface area contributed by atoms with Crippen LogP contribution in [0.1, 0.15) is 6.92 Å². The number of aliphatic hydroxyl groups is 1. The lowest BCUT2D eigenvalue weighted by Gasteiger charge is -2.11. The molecule has 0 bridgehead atoms. The van der Waals surface area contributed by atoms with Gasteiger partial charge in [-0.1, -0.05) is 6.58 Å². The van der Waals surface area contributed by atoms with Crippen LogP contribution in [0.25, 0.3) is 0 Å². The third-order valence-electron chi connectivity index (χ3n) is 1.55. The molecular formula is C9H15F2NO3. The number of carbonyl (C=O) groups is 1. The van der Waals surface area contributed by atoms with Crippen LogP contribution in [0.4, 0.5) is 8.78 Å². The van der Waals surface area contributed by atoms with Crippen molar-refractivity contribution in [1.29, 1.82) is 0 Å². The average molecular weight is 223 g/mol. The van der Waals surface area contributed by atoms with Crippen LogP contribution in [-0.2, 0) is 9.53 Å². The second-order valence-electron chi connectivity index (χ2n) is 2.86. The Hall–Kier alpha value is -1.01. The predicted octanol–water partition coefficient (Wildman–Crippen LogP) is 0.321. The molecule has 1 atom stereocenters. The molecule has 0 aliphatic heterocycles. The van der Waals surface area contributed by atoms with Gasteiger partial charge in [0.2, 0.25) is 0 Å². The van der Waals surface area contributed by atoms with Crippen LogP contribution in [-0.4, -0.2) is 43.3 Å². The van der Waals surface area contributed by atoms with E-state index in [1.807, 2.05) is 0 Å². The van der Waals surface area contributed by atoms with Crippen molar-refractivity contribution in [2.45, 2.75) is 19.5 Å². The van der Waals surface area contributed by atoms with Crippen molar-refractivity contribution in [2.24, 2.45) is 0 Å². The van der Waals surface area contributed by atoms with Gasteiger partial charge in [-0.25, -0.2) is 13.6 Å². The van der Waals surface area contributed by atoms with Gasteiger partial charge < -0.3 is 15.2 Å². The second-order valence-corrected chi connectivity index (χ2v) is 2.86. The van der Waals surface area contributed by atoms with Gasteiger partial charge in [0.1, 0.15) is 6.10 Å². The van der Waals surface area contributed by atoms with Crippen molar-refractivity contribution in [3.05, 3.63) is 12.2 Å². The van der Waals surface area contributed by atoms with Gasteiger partial charge in [-0.15, -0.1) is 0 Å². The predicted molar refractivity (Wildman–Crippen MR) is 50.7 cm³/mol. The van der Waals surface area contributed by atoms with Crippen LogP contribution in [0.15, 0.2) is 12.2 Å². The molecular weight excluding hydrogens is 208 g/mol. The molecule has 0 aliphatic carbocycles. The van der Waals surface area contributed by atoms with Gasteiger partial charge in [0.05, 0.1) is 6.61 Å². The molecule has 0 aromatic heterocycles. The maximum atomic E-state index is 11.8. The third-order valence-corrected chi connectivity index (χ3v) is 1.55. The summed E-state index contributed by atoms with van der Waals surface area (Å²) in [6.07, 6.45) is -4.53. The van der Waals surface area contributed by atoms with Crippen molar-refractivity contribution in [1.82, 2.24) is 5.32 Å². The molecule has 0 fully saturated rings. The number of aliphatic hydroxyl groups excluding tert-OH is 1. The minimum Gasteiger partial charge on any atom is -0.463 e. The molecule has 4 nitrogen and oxygen atoms in total. The van der Waals surface area contributed by atoms with Gasteiger partial charge in [0, 0.05) is 18.7 Å². The highest BCUT2D eigenvalue weighted by Crippen LogP contribution is 1.99.